The lowest BCUT2D eigenvalue weighted by atomic mass is 9.66. The summed E-state index contributed by atoms with van der Waals surface area (Å²) >= 11 is 0. The summed E-state index contributed by atoms with van der Waals surface area (Å²) in [6, 6.07) is 0.195. The van der Waals surface area contributed by atoms with Crippen LogP contribution in [0.2, 0.25) is 0 Å². The van der Waals surface area contributed by atoms with Crippen molar-refractivity contribution in [3.05, 3.63) is 12.7 Å². The molecular formula is C13H23NO. The molecule has 0 aromatic heterocycles. The Morgan fingerprint density at radius 2 is 1.67 bits per heavy atom. The minimum Gasteiger partial charge on any atom is -0.313 e. The predicted octanol–water partition coefficient (Wildman–Crippen LogP) is 3.37. The molecule has 2 rings (SSSR count). The van der Waals surface area contributed by atoms with Gasteiger partial charge in [-0.05, 0) is 31.1 Å². The van der Waals surface area contributed by atoms with Crippen LogP contribution < -0.4 is 0 Å². The molecule has 1 unspecified atom stereocenters. The number of hydrogen-bond donors (Lipinski definition) is 1. The van der Waals surface area contributed by atoms with Crippen molar-refractivity contribution in [1.29, 1.82) is 0 Å². The van der Waals surface area contributed by atoms with E-state index in [1.807, 2.05) is 6.08 Å². The van der Waals surface area contributed by atoms with Gasteiger partial charge in [0.15, 0.2) is 0 Å². The standard InChI is InChI=1S/C13H23NO/c1-2-12-13(8-4-3-5-9-13)10-6-7-11-14(12)15/h2,12,15H,1,3-11H2. The van der Waals surface area contributed by atoms with Crippen LogP contribution in [0.4, 0.5) is 0 Å². The molecule has 2 heteroatoms. The normalized spacial score (nSPS) is 32.5. The van der Waals surface area contributed by atoms with Gasteiger partial charge < -0.3 is 5.21 Å². The zero-order valence-electron chi connectivity index (χ0n) is 9.62. The zero-order chi connectivity index (χ0) is 10.7. The first-order valence-electron chi connectivity index (χ1n) is 6.37. The van der Waals surface area contributed by atoms with Crippen molar-refractivity contribution in [3.63, 3.8) is 0 Å². The first kappa shape index (κ1) is 11.2. The van der Waals surface area contributed by atoms with Crippen molar-refractivity contribution in [3.8, 4) is 0 Å². The monoisotopic (exact) mass is 209 g/mol. The Labute approximate surface area is 92.9 Å². The van der Waals surface area contributed by atoms with Gasteiger partial charge in [-0.15, -0.1) is 6.58 Å². The van der Waals surface area contributed by atoms with Gasteiger partial charge in [-0.25, -0.2) is 0 Å². The third-order valence-corrected chi connectivity index (χ3v) is 4.33. The second-order valence-electron chi connectivity index (χ2n) is 5.22. The SMILES string of the molecule is C=CC1N(O)CCCCC12CCCCC2. The molecule has 0 amide bonds. The van der Waals surface area contributed by atoms with Gasteiger partial charge in [0.2, 0.25) is 0 Å². The highest BCUT2D eigenvalue weighted by Crippen LogP contribution is 2.46. The number of nitrogens with zero attached hydrogens (tertiary/aromatic N) is 1. The summed E-state index contributed by atoms with van der Waals surface area (Å²) in [5.41, 5.74) is 0.339. The molecule has 0 aromatic carbocycles. The van der Waals surface area contributed by atoms with Crippen molar-refractivity contribution >= 4 is 0 Å². The fraction of sp³-hybridized carbons (Fsp3) is 0.846. The van der Waals surface area contributed by atoms with Gasteiger partial charge in [0.05, 0.1) is 6.04 Å². The molecule has 0 radical (unpaired) electrons. The largest absolute Gasteiger partial charge is 0.313 e. The van der Waals surface area contributed by atoms with Gasteiger partial charge in [0, 0.05) is 6.54 Å². The molecule has 2 nitrogen and oxygen atoms in total. The van der Waals surface area contributed by atoms with E-state index in [0.717, 1.165) is 13.0 Å². The molecule has 2 aliphatic rings. The quantitative estimate of drug-likeness (QED) is 0.669. The average molecular weight is 209 g/mol. The summed E-state index contributed by atoms with van der Waals surface area (Å²) in [5, 5.41) is 11.6. The molecule has 2 fully saturated rings. The lowest BCUT2D eigenvalue weighted by Gasteiger charge is -2.43. The van der Waals surface area contributed by atoms with E-state index in [9.17, 15) is 5.21 Å². The van der Waals surface area contributed by atoms with Gasteiger partial charge in [0.1, 0.15) is 0 Å². The van der Waals surface area contributed by atoms with E-state index in [1.54, 1.807) is 5.06 Å². The van der Waals surface area contributed by atoms with Crippen LogP contribution in [0.15, 0.2) is 12.7 Å². The van der Waals surface area contributed by atoms with Crippen LogP contribution in [0.5, 0.6) is 0 Å². The van der Waals surface area contributed by atoms with E-state index in [1.165, 1.54) is 44.9 Å². The summed E-state index contributed by atoms with van der Waals surface area (Å²) in [4.78, 5) is 0. The Balaban J connectivity index is 2.19. The first-order valence-corrected chi connectivity index (χ1v) is 6.37. The van der Waals surface area contributed by atoms with Gasteiger partial charge in [0.25, 0.3) is 0 Å². The first-order chi connectivity index (χ1) is 7.28. The van der Waals surface area contributed by atoms with E-state index in [0.29, 0.717) is 5.41 Å². The number of hydroxylamine groups is 2. The van der Waals surface area contributed by atoms with Crippen molar-refractivity contribution in [1.82, 2.24) is 5.06 Å². The molecule has 1 aliphatic heterocycles. The van der Waals surface area contributed by atoms with Crippen molar-refractivity contribution in [2.24, 2.45) is 5.41 Å². The van der Waals surface area contributed by atoms with Gasteiger partial charge in [-0.3, -0.25) is 0 Å². The van der Waals surface area contributed by atoms with E-state index < -0.39 is 0 Å². The molecule has 1 aliphatic carbocycles. The molecule has 1 heterocycles. The maximum atomic E-state index is 10.0. The van der Waals surface area contributed by atoms with E-state index in [-0.39, 0.29) is 6.04 Å². The fourth-order valence-corrected chi connectivity index (χ4v) is 3.53. The minimum atomic E-state index is 0.195. The molecule has 86 valence electrons. The Morgan fingerprint density at radius 3 is 2.27 bits per heavy atom. The summed E-state index contributed by atoms with van der Waals surface area (Å²) in [5.74, 6) is 0. The van der Waals surface area contributed by atoms with Crippen LogP contribution >= 0.6 is 0 Å². The van der Waals surface area contributed by atoms with Gasteiger partial charge in [-0.1, -0.05) is 31.8 Å². The highest BCUT2D eigenvalue weighted by molar-refractivity contribution is 5.02. The van der Waals surface area contributed by atoms with Crippen molar-refractivity contribution in [2.75, 3.05) is 6.54 Å². The topological polar surface area (TPSA) is 23.5 Å². The second-order valence-corrected chi connectivity index (χ2v) is 5.22. The van der Waals surface area contributed by atoms with Crippen LogP contribution in [0.3, 0.4) is 0 Å². The predicted molar refractivity (Wildman–Crippen MR) is 61.8 cm³/mol. The Morgan fingerprint density at radius 1 is 1.07 bits per heavy atom. The molecule has 1 saturated carbocycles. The van der Waals surface area contributed by atoms with E-state index >= 15 is 0 Å². The maximum absolute atomic E-state index is 10.0. The molecule has 1 N–H and O–H groups in total. The van der Waals surface area contributed by atoms with Crippen molar-refractivity contribution in [2.45, 2.75) is 57.4 Å². The minimum absolute atomic E-state index is 0.195. The highest BCUT2D eigenvalue weighted by Gasteiger charge is 2.41. The Bertz CT molecular complexity index is 221. The summed E-state index contributed by atoms with van der Waals surface area (Å²) in [6.07, 6.45) is 12.2. The summed E-state index contributed by atoms with van der Waals surface area (Å²) in [7, 11) is 0. The second kappa shape index (κ2) is 4.67. The third kappa shape index (κ3) is 2.11. The van der Waals surface area contributed by atoms with Crippen molar-refractivity contribution < 1.29 is 5.21 Å². The van der Waals surface area contributed by atoms with Gasteiger partial charge in [-0.2, -0.15) is 5.06 Å². The molecular weight excluding hydrogens is 186 g/mol. The average Bonchev–Trinajstić information content (AvgIpc) is 2.40. The Hall–Kier alpha value is -0.340. The van der Waals surface area contributed by atoms with E-state index in [4.69, 9.17) is 0 Å². The lowest BCUT2D eigenvalue weighted by molar-refractivity contribution is -0.145. The lowest BCUT2D eigenvalue weighted by Crippen LogP contribution is -2.45. The van der Waals surface area contributed by atoms with Crippen LogP contribution in [-0.2, 0) is 0 Å². The van der Waals surface area contributed by atoms with E-state index in [2.05, 4.69) is 6.58 Å². The zero-order valence-corrected chi connectivity index (χ0v) is 9.62. The molecule has 1 atom stereocenters. The molecule has 1 saturated heterocycles. The fourth-order valence-electron chi connectivity index (χ4n) is 3.53. The Kier molecular flexibility index (Phi) is 3.47. The van der Waals surface area contributed by atoms with Crippen LogP contribution in [0, 0.1) is 5.41 Å². The van der Waals surface area contributed by atoms with Crippen LogP contribution in [-0.4, -0.2) is 22.9 Å². The molecule has 15 heavy (non-hydrogen) atoms. The smallest absolute Gasteiger partial charge is 0.0583 e. The van der Waals surface area contributed by atoms with Crippen LogP contribution in [0.25, 0.3) is 0 Å². The maximum Gasteiger partial charge on any atom is 0.0583 e. The van der Waals surface area contributed by atoms with Gasteiger partial charge >= 0.3 is 0 Å². The molecule has 0 aromatic rings. The summed E-state index contributed by atoms with van der Waals surface area (Å²) < 4.78 is 0. The summed E-state index contributed by atoms with van der Waals surface area (Å²) in [6.45, 7) is 4.74. The number of hydrogen-bond acceptors (Lipinski definition) is 2. The van der Waals surface area contributed by atoms with Crippen LogP contribution in [0.1, 0.15) is 51.4 Å². The number of rotatable bonds is 1. The third-order valence-electron chi connectivity index (χ3n) is 4.33. The highest BCUT2D eigenvalue weighted by atomic mass is 16.5. The molecule has 0 bridgehead atoms. The molecule has 1 spiro atoms.